The number of amides is 1. The predicted octanol–water partition coefficient (Wildman–Crippen LogP) is -0.153. The van der Waals surface area contributed by atoms with Gasteiger partial charge in [0.1, 0.15) is 0 Å². The Kier molecular flexibility index (Phi) is 5.16. The summed E-state index contributed by atoms with van der Waals surface area (Å²) in [6.07, 6.45) is 6.31. The van der Waals surface area contributed by atoms with Crippen LogP contribution in [0.3, 0.4) is 0 Å². The molecule has 1 heterocycles. The number of hydrogen-bond donors (Lipinski definition) is 1. The minimum atomic E-state index is -0.00953. The van der Waals surface area contributed by atoms with Crippen molar-refractivity contribution in [2.24, 2.45) is 0 Å². The lowest BCUT2D eigenvalue weighted by molar-refractivity contribution is -0.124. The van der Waals surface area contributed by atoms with Gasteiger partial charge < -0.3 is 10.1 Å². The number of carbonyl (C=O) groups is 1. The van der Waals surface area contributed by atoms with E-state index in [4.69, 9.17) is 11.2 Å². The van der Waals surface area contributed by atoms with E-state index >= 15 is 0 Å². The fraction of sp³-hybridized carbons (Fsp3) is 0.727. The molecule has 0 spiro atoms. The number of ether oxygens (including phenoxy) is 1. The van der Waals surface area contributed by atoms with Gasteiger partial charge in [0.15, 0.2) is 0 Å². The highest BCUT2D eigenvalue weighted by Crippen LogP contribution is 2.07. The second kappa shape index (κ2) is 6.44. The summed E-state index contributed by atoms with van der Waals surface area (Å²) in [5.74, 6) is 2.37. The molecule has 84 valence electrons. The first-order valence-corrected chi connectivity index (χ1v) is 5.30. The highest BCUT2D eigenvalue weighted by Gasteiger charge is 2.20. The topological polar surface area (TPSA) is 41.6 Å². The first-order valence-electron chi connectivity index (χ1n) is 5.30. The molecular formula is C11H18N2O2. The number of morpholine rings is 1. The van der Waals surface area contributed by atoms with Gasteiger partial charge in [-0.05, 0) is 6.42 Å². The zero-order valence-corrected chi connectivity index (χ0v) is 9.16. The predicted molar refractivity (Wildman–Crippen MR) is 58.3 cm³/mol. The molecule has 1 rings (SSSR count). The molecular weight excluding hydrogens is 192 g/mol. The number of hydrogen-bond acceptors (Lipinski definition) is 3. The summed E-state index contributed by atoms with van der Waals surface area (Å²) in [6.45, 7) is 5.18. The molecule has 0 bridgehead atoms. The van der Waals surface area contributed by atoms with Gasteiger partial charge >= 0.3 is 0 Å². The van der Waals surface area contributed by atoms with Crippen molar-refractivity contribution in [3.8, 4) is 12.3 Å². The largest absolute Gasteiger partial charge is 0.376 e. The highest BCUT2D eigenvalue weighted by molar-refractivity contribution is 5.78. The van der Waals surface area contributed by atoms with E-state index in [9.17, 15) is 4.79 Å². The first-order chi connectivity index (χ1) is 7.26. The number of carbonyl (C=O) groups excluding carboxylic acids is 1. The Bertz CT molecular complexity index is 247. The van der Waals surface area contributed by atoms with Crippen molar-refractivity contribution < 1.29 is 9.53 Å². The molecule has 1 N–H and O–H groups in total. The lowest BCUT2D eigenvalue weighted by Gasteiger charge is -2.31. The summed E-state index contributed by atoms with van der Waals surface area (Å²) in [6, 6.07) is 0. The van der Waals surface area contributed by atoms with Gasteiger partial charge in [-0.1, -0.05) is 12.8 Å². The molecule has 1 saturated heterocycles. The van der Waals surface area contributed by atoms with Crippen molar-refractivity contribution in [1.82, 2.24) is 10.2 Å². The van der Waals surface area contributed by atoms with Gasteiger partial charge in [0.05, 0.1) is 25.8 Å². The van der Waals surface area contributed by atoms with Crippen LogP contribution in [0.5, 0.6) is 0 Å². The van der Waals surface area contributed by atoms with Crippen LogP contribution in [-0.4, -0.2) is 49.7 Å². The number of nitrogens with one attached hydrogen (secondary N) is 1. The van der Waals surface area contributed by atoms with Crippen molar-refractivity contribution in [3.63, 3.8) is 0 Å². The molecule has 1 amide bonds. The van der Waals surface area contributed by atoms with E-state index in [0.717, 1.165) is 19.5 Å². The van der Waals surface area contributed by atoms with Gasteiger partial charge in [0.2, 0.25) is 5.91 Å². The Morgan fingerprint density at radius 3 is 3.20 bits per heavy atom. The zero-order valence-electron chi connectivity index (χ0n) is 9.16. The molecule has 0 aromatic rings. The van der Waals surface area contributed by atoms with Crippen molar-refractivity contribution in [2.75, 3.05) is 32.8 Å². The smallest absolute Gasteiger partial charge is 0.234 e. The summed E-state index contributed by atoms with van der Waals surface area (Å²) >= 11 is 0. The second-order valence-electron chi connectivity index (χ2n) is 3.62. The lowest BCUT2D eigenvalue weighted by atomic mass is 10.2. The molecule has 15 heavy (non-hydrogen) atoms. The molecule has 1 aliphatic heterocycles. The first kappa shape index (κ1) is 12.0. The summed E-state index contributed by atoms with van der Waals surface area (Å²) in [4.78, 5) is 13.5. The van der Waals surface area contributed by atoms with E-state index < -0.39 is 0 Å². The average Bonchev–Trinajstić information content (AvgIpc) is 2.26. The molecule has 1 atom stereocenters. The highest BCUT2D eigenvalue weighted by atomic mass is 16.5. The summed E-state index contributed by atoms with van der Waals surface area (Å²) < 4.78 is 5.51. The van der Waals surface area contributed by atoms with Crippen LogP contribution in [0.4, 0.5) is 0 Å². The molecule has 0 aliphatic carbocycles. The molecule has 0 aromatic heterocycles. The van der Waals surface area contributed by atoms with Crippen molar-refractivity contribution in [1.29, 1.82) is 0 Å². The van der Waals surface area contributed by atoms with E-state index in [0.29, 0.717) is 19.7 Å². The van der Waals surface area contributed by atoms with Gasteiger partial charge in [-0.25, -0.2) is 0 Å². The molecule has 4 heteroatoms. The van der Waals surface area contributed by atoms with Gasteiger partial charge in [-0.2, -0.15) is 0 Å². The molecule has 1 fully saturated rings. The van der Waals surface area contributed by atoms with Crippen LogP contribution >= 0.6 is 0 Å². The summed E-state index contributed by atoms with van der Waals surface area (Å²) in [7, 11) is 0. The third kappa shape index (κ3) is 4.32. The molecule has 0 radical (unpaired) electrons. The molecule has 1 aliphatic rings. The number of rotatable bonds is 4. The van der Waals surface area contributed by atoms with Gasteiger partial charge in [-0.15, -0.1) is 6.42 Å². The van der Waals surface area contributed by atoms with Crippen molar-refractivity contribution >= 4 is 5.91 Å². The third-order valence-electron chi connectivity index (χ3n) is 2.43. The summed E-state index contributed by atoms with van der Waals surface area (Å²) in [5, 5.41) is 2.65. The normalized spacial score (nSPS) is 22.0. The molecule has 4 nitrogen and oxygen atoms in total. The van der Waals surface area contributed by atoms with Crippen LogP contribution in [0.15, 0.2) is 0 Å². The SMILES string of the molecule is C#CCNC(=O)CN1CCOC(CC)C1. The Morgan fingerprint density at radius 1 is 1.73 bits per heavy atom. The van der Waals surface area contributed by atoms with Gasteiger partial charge in [0, 0.05) is 13.1 Å². The van der Waals surface area contributed by atoms with E-state index in [1.807, 2.05) is 0 Å². The minimum Gasteiger partial charge on any atom is -0.376 e. The third-order valence-corrected chi connectivity index (χ3v) is 2.43. The van der Waals surface area contributed by atoms with Crippen molar-refractivity contribution in [3.05, 3.63) is 0 Å². The number of terminal acetylenes is 1. The quantitative estimate of drug-likeness (QED) is 0.656. The fourth-order valence-corrected chi connectivity index (χ4v) is 1.58. The maximum absolute atomic E-state index is 11.4. The lowest BCUT2D eigenvalue weighted by Crippen LogP contribution is -2.46. The van der Waals surface area contributed by atoms with Crippen LogP contribution < -0.4 is 5.32 Å². The number of nitrogens with zero attached hydrogens (tertiary/aromatic N) is 1. The Hall–Kier alpha value is -1.05. The van der Waals surface area contributed by atoms with Crippen LogP contribution in [0.2, 0.25) is 0 Å². The van der Waals surface area contributed by atoms with Crippen molar-refractivity contribution in [2.45, 2.75) is 19.4 Å². The zero-order chi connectivity index (χ0) is 11.1. The van der Waals surface area contributed by atoms with E-state index in [1.165, 1.54) is 0 Å². The van der Waals surface area contributed by atoms with Crippen LogP contribution in [-0.2, 0) is 9.53 Å². The average molecular weight is 210 g/mol. The standard InChI is InChI=1S/C11H18N2O2/c1-3-5-12-11(14)9-13-6-7-15-10(4-2)8-13/h1,10H,4-9H2,2H3,(H,12,14). The van der Waals surface area contributed by atoms with Gasteiger partial charge in [0.25, 0.3) is 0 Å². The maximum atomic E-state index is 11.4. The fourth-order valence-electron chi connectivity index (χ4n) is 1.58. The van der Waals surface area contributed by atoms with Crippen LogP contribution in [0.1, 0.15) is 13.3 Å². The van der Waals surface area contributed by atoms with Gasteiger partial charge in [-0.3, -0.25) is 9.69 Å². The van der Waals surface area contributed by atoms with E-state index in [2.05, 4.69) is 23.1 Å². The monoisotopic (exact) mass is 210 g/mol. The molecule has 1 unspecified atom stereocenters. The Balaban J connectivity index is 2.25. The minimum absolute atomic E-state index is 0.00953. The van der Waals surface area contributed by atoms with E-state index in [-0.39, 0.29) is 12.0 Å². The van der Waals surface area contributed by atoms with Crippen LogP contribution in [0, 0.1) is 12.3 Å². The molecule has 0 aromatic carbocycles. The summed E-state index contributed by atoms with van der Waals surface area (Å²) in [5.41, 5.74) is 0. The van der Waals surface area contributed by atoms with E-state index in [1.54, 1.807) is 0 Å². The second-order valence-corrected chi connectivity index (χ2v) is 3.62. The molecule has 0 saturated carbocycles. The Labute approximate surface area is 91.0 Å². The Morgan fingerprint density at radius 2 is 2.53 bits per heavy atom. The maximum Gasteiger partial charge on any atom is 0.234 e. The van der Waals surface area contributed by atoms with Crippen LogP contribution in [0.25, 0.3) is 0 Å².